The summed E-state index contributed by atoms with van der Waals surface area (Å²) in [5.41, 5.74) is 3.33. The minimum absolute atomic E-state index is 0.378. The Labute approximate surface area is 240 Å². The smallest absolute Gasteiger partial charge is 0.242 e. The summed E-state index contributed by atoms with van der Waals surface area (Å²) in [7, 11) is 4.78. The second-order valence-corrected chi connectivity index (χ2v) is 11.2. The molecule has 1 unspecified atom stereocenters. The highest BCUT2D eigenvalue weighted by atomic mass is 32.2. The van der Waals surface area contributed by atoms with Crippen molar-refractivity contribution in [2.45, 2.75) is 43.0 Å². The first-order chi connectivity index (χ1) is 19.9. The van der Waals surface area contributed by atoms with Gasteiger partial charge in [-0.3, -0.25) is 10.00 Å². The maximum absolute atomic E-state index is 13.1. The van der Waals surface area contributed by atoms with E-state index in [1.807, 2.05) is 35.2 Å². The van der Waals surface area contributed by atoms with Crippen LogP contribution in [0.25, 0.3) is 11.0 Å². The molecule has 2 aliphatic rings. The number of rotatable bonds is 12. The molecule has 41 heavy (non-hydrogen) atoms. The highest BCUT2D eigenvalue weighted by molar-refractivity contribution is 8.00. The third-order valence-electron chi connectivity index (χ3n) is 7.51. The number of aromatic nitrogens is 3. The zero-order chi connectivity index (χ0) is 28.5. The van der Waals surface area contributed by atoms with Crippen LogP contribution < -0.4 is 24.2 Å². The topological polar surface area (TPSA) is 110 Å². The lowest BCUT2D eigenvalue weighted by Gasteiger charge is -2.19. The molecule has 13 heteroatoms. The number of anilines is 3. The van der Waals surface area contributed by atoms with Gasteiger partial charge in [-0.1, -0.05) is 5.16 Å². The molecular weight excluding hydrogens is 554 g/mol. The zero-order valence-corrected chi connectivity index (χ0v) is 23.8. The third kappa shape index (κ3) is 5.87. The molecule has 2 aromatic carbocycles. The van der Waals surface area contributed by atoms with Gasteiger partial charge in [0.15, 0.2) is 17.2 Å². The Morgan fingerprint density at radius 3 is 2.46 bits per heavy atom. The maximum Gasteiger partial charge on any atom is 0.242 e. The van der Waals surface area contributed by atoms with Gasteiger partial charge in [-0.15, -0.1) is 0 Å². The molecule has 2 aromatic heterocycles. The van der Waals surface area contributed by atoms with Gasteiger partial charge in [-0.05, 0) is 61.5 Å². The van der Waals surface area contributed by atoms with Crippen LogP contribution in [0, 0.1) is 5.92 Å². The summed E-state index contributed by atoms with van der Waals surface area (Å²) < 4.78 is 52.1. The first-order valence-corrected chi connectivity index (χ1v) is 14.2. The normalized spacial score (nSPS) is 17.4. The molecule has 1 aliphatic heterocycles. The van der Waals surface area contributed by atoms with Crippen molar-refractivity contribution in [1.82, 2.24) is 20.3 Å². The van der Waals surface area contributed by atoms with E-state index >= 15 is 0 Å². The molecule has 0 amide bonds. The summed E-state index contributed by atoms with van der Waals surface area (Å²) >= 11 is 1.28. The lowest BCUT2D eigenvalue weighted by molar-refractivity contribution is 0.0803. The van der Waals surface area contributed by atoms with E-state index < -0.39 is 12.3 Å². The van der Waals surface area contributed by atoms with Crippen LogP contribution in [-0.4, -0.2) is 61.1 Å². The number of alkyl halides is 2. The van der Waals surface area contributed by atoms with E-state index in [4.69, 9.17) is 18.7 Å². The van der Waals surface area contributed by atoms with Crippen molar-refractivity contribution in [2.24, 2.45) is 5.92 Å². The Kier molecular flexibility index (Phi) is 7.80. The van der Waals surface area contributed by atoms with Crippen LogP contribution in [0.4, 0.5) is 26.1 Å². The molecule has 1 atom stereocenters. The van der Waals surface area contributed by atoms with Crippen LogP contribution in [0.1, 0.15) is 36.4 Å². The summed E-state index contributed by atoms with van der Waals surface area (Å²) in [6, 6.07) is 9.52. The minimum atomic E-state index is -2.29. The summed E-state index contributed by atoms with van der Waals surface area (Å²) in [5.74, 6) is 3.02. The number of H-pyrrole nitrogens is 1. The van der Waals surface area contributed by atoms with Gasteiger partial charge < -0.3 is 28.8 Å². The van der Waals surface area contributed by atoms with Crippen LogP contribution in [0.3, 0.4) is 0 Å². The molecule has 1 saturated heterocycles. The highest BCUT2D eigenvalue weighted by Crippen LogP contribution is 2.43. The summed E-state index contributed by atoms with van der Waals surface area (Å²) in [6.07, 6.45) is 0.587. The van der Waals surface area contributed by atoms with Crippen molar-refractivity contribution in [1.29, 1.82) is 0 Å². The molecule has 6 rings (SSSR count). The van der Waals surface area contributed by atoms with Crippen LogP contribution in [0.2, 0.25) is 0 Å². The van der Waals surface area contributed by atoms with Gasteiger partial charge >= 0.3 is 0 Å². The standard InChI is InChI=1S/C28H32F2N6O4S/c1-37-22-10-18-21(11-20(22)31-25-12-19(32-33-25)16-4-5-16)40-34-28(18)35-41-26-23(38-2)8-15(9-24(26)39-3)13-36-7-6-17(14-36)27(29)30/h8-12,16-17,27H,4-7,13-14H2,1-3H3,(H,34,35)(H2,31,32,33). The number of ether oxygens (including phenoxy) is 3. The maximum atomic E-state index is 13.1. The number of benzene rings is 2. The number of nitrogens with one attached hydrogen (secondary N) is 3. The molecular formula is C28H32F2N6O4S. The number of halogens is 2. The van der Waals surface area contributed by atoms with E-state index in [-0.39, 0.29) is 0 Å². The Bertz CT molecular complexity index is 1500. The Balaban J connectivity index is 1.18. The molecule has 3 heterocycles. The van der Waals surface area contributed by atoms with E-state index in [1.165, 1.54) is 24.8 Å². The molecule has 0 bridgehead atoms. The largest absolute Gasteiger partial charge is 0.495 e. The Morgan fingerprint density at radius 2 is 1.80 bits per heavy atom. The summed E-state index contributed by atoms with van der Waals surface area (Å²) in [5, 5.41) is 15.7. The number of hydrogen-bond donors (Lipinski definition) is 3. The Hall–Kier alpha value is -3.71. The lowest BCUT2D eigenvalue weighted by atomic mass is 10.1. The van der Waals surface area contributed by atoms with Crippen LogP contribution in [0.15, 0.2) is 39.8 Å². The van der Waals surface area contributed by atoms with Crippen LogP contribution in [0.5, 0.6) is 17.2 Å². The van der Waals surface area contributed by atoms with Crippen molar-refractivity contribution >= 4 is 40.2 Å². The minimum Gasteiger partial charge on any atom is -0.495 e. The fraction of sp³-hybridized carbons (Fsp3) is 0.429. The average Bonchev–Trinajstić information content (AvgIpc) is 3.34. The van der Waals surface area contributed by atoms with Gasteiger partial charge in [0.25, 0.3) is 0 Å². The number of methoxy groups -OCH3 is 3. The predicted molar refractivity (Wildman–Crippen MR) is 153 cm³/mol. The fourth-order valence-electron chi connectivity index (χ4n) is 5.14. The van der Waals surface area contributed by atoms with E-state index in [1.54, 1.807) is 21.3 Å². The monoisotopic (exact) mass is 586 g/mol. The van der Waals surface area contributed by atoms with Gasteiger partial charge in [0.05, 0.1) is 32.4 Å². The van der Waals surface area contributed by atoms with E-state index in [2.05, 4.69) is 25.4 Å². The van der Waals surface area contributed by atoms with Crippen molar-refractivity contribution in [2.75, 3.05) is 44.5 Å². The molecule has 2 fully saturated rings. The van der Waals surface area contributed by atoms with E-state index in [0.29, 0.717) is 72.1 Å². The summed E-state index contributed by atoms with van der Waals surface area (Å²) in [6.45, 7) is 1.56. The molecule has 1 saturated carbocycles. The third-order valence-corrected chi connectivity index (χ3v) is 8.41. The lowest BCUT2D eigenvalue weighted by Crippen LogP contribution is -2.22. The van der Waals surface area contributed by atoms with E-state index in [0.717, 1.165) is 21.5 Å². The van der Waals surface area contributed by atoms with Crippen molar-refractivity contribution < 1.29 is 27.5 Å². The quantitative estimate of drug-likeness (QED) is 0.161. The SMILES string of the molecule is COc1cc2c(NSc3c(OC)cc(CN4CCC(C(F)F)C4)cc3OC)noc2cc1Nc1cc(C2CC2)[nH]n1. The molecule has 218 valence electrons. The predicted octanol–water partition coefficient (Wildman–Crippen LogP) is 6.40. The first kappa shape index (κ1) is 27.5. The van der Waals surface area contributed by atoms with Crippen molar-refractivity contribution in [3.8, 4) is 17.2 Å². The van der Waals surface area contributed by atoms with Gasteiger partial charge in [0, 0.05) is 42.8 Å². The first-order valence-electron chi connectivity index (χ1n) is 13.4. The summed E-state index contributed by atoms with van der Waals surface area (Å²) in [4.78, 5) is 2.75. The van der Waals surface area contributed by atoms with Gasteiger partial charge in [0.2, 0.25) is 6.43 Å². The second-order valence-electron chi connectivity index (χ2n) is 10.3. The second kappa shape index (κ2) is 11.6. The number of aromatic amines is 1. The van der Waals surface area contributed by atoms with Gasteiger partial charge in [0.1, 0.15) is 22.1 Å². The molecule has 0 spiro atoms. The van der Waals surface area contributed by atoms with Gasteiger partial charge in [-0.25, -0.2) is 8.78 Å². The molecule has 4 aromatic rings. The molecule has 1 aliphatic carbocycles. The number of hydrogen-bond acceptors (Lipinski definition) is 10. The Morgan fingerprint density at radius 1 is 1.05 bits per heavy atom. The number of likely N-dealkylation sites (tertiary alicyclic amines) is 1. The molecule has 10 nitrogen and oxygen atoms in total. The molecule has 0 radical (unpaired) electrons. The van der Waals surface area contributed by atoms with Gasteiger partial charge in [-0.2, -0.15) is 5.10 Å². The van der Waals surface area contributed by atoms with Crippen LogP contribution in [-0.2, 0) is 6.54 Å². The van der Waals surface area contributed by atoms with E-state index in [9.17, 15) is 8.78 Å². The highest BCUT2D eigenvalue weighted by Gasteiger charge is 2.30. The molecule has 3 N–H and O–H groups in total. The van der Waals surface area contributed by atoms with Crippen molar-refractivity contribution in [3.63, 3.8) is 0 Å². The average molecular weight is 587 g/mol. The number of nitrogens with zero attached hydrogens (tertiary/aromatic N) is 3. The zero-order valence-electron chi connectivity index (χ0n) is 23.0. The fourth-order valence-corrected chi connectivity index (χ4v) is 5.97. The number of fused-ring (bicyclic) bond motifs is 1. The van der Waals surface area contributed by atoms with Crippen LogP contribution >= 0.6 is 11.9 Å². The van der Waals surface area contributed by atoms with Crippen molar-refractivity contribution in [3.05, 3.63) is 41.6 Å².